The maximum Gasteiger partial charge on any atom is 0.321 e. The van der Waals surface area contributed by atoms with Gasteiger partial charge in [-0.25, -0.2) is 8.42 Å². The molecule has 0 fully saturated rings. The van der Waals surface area contributed by atoms with Crippen LogP contribution in [-0.4, -0.2) is 33.4 Å². The van der Waals surface area contributed by atoms with Crippen molar-refractivity contribution in [3.63, 3.8) is 0 Å². The first-order chi connectivity index (χ1) is 13.6. The number of nitrogens with one attached hydrogen (secondary N) is 2. The molecule has 0 bridgehead atoms. The summed E-state index contributed by atoms with van der Waals surface area (Å²) in [6.45, 7) is 2.82. The minimum atomic E-state index is -4.01. The molecule has 0 heterocycles. The van der Waals surface area contributed by atoms with E-state index < -0.39 is 35.1 Å². The van der Waals surface area contributed by atoms with E-state index in [-0.39, 0.29) is 15.8 Å². The lowest BCUT2D eigenvalue weighted by Crippen LogP contribution is -2.32. The van der Waals surface area contributed by atoms with Gasteiger partial charge >= 0.3 is 5.97 Å². The van der Waals surface area contributed by atoms with Gasteiger partial charge in [0, 0.05) is 10.2 Å². The van der Waals surface area contributed by atoms with Crippen molar-refractivity contribution in [2.45, 2.75) is 24.7 Å². The number of benzene rings is 2. The molecular weight excluding hydrogens is 484 g/mol. The molecule has 156 valence electrons. The Morgan fingerprint density at radius 3 is 2.52 bits per heavy atom. The predicted octanol–water partition coefficient (Wildman–Crippen LogP) is 3.69. The summed E-state index contributed by atoms with van der Waals surface area (Å²) in [5.41, 5.74) is 1.58. The van der Waals surface area contributed by atoms with Gasteiger partial charge in [-0.2, -0.15) is 4.72 Å². The van der Waals surface area contributed by atoms with Crippen molar-refractivity contribution in [3.05, 3.63) is 57.5 Å². The number of anilines is 1. The number of carbonyl (C=O) groups is 2. The third-order valence-electron chi connectivity index (χ3n) is 3.81. The second kappa shape index (κ2) is 10.2. The average Bonchev–Trinajstić information content (AvgIpc) is 2.64. The Bertz CT molecular complexity index is 1010. The third-order valence-corrected chi connectivity index (χ3v) is 6.19. The smallest absolute Gasteiger partial charge is 0.321 e. The fraction of sp³-hybridized carbons (Fsp3) is 0.263. The highest BCUT2D eigenvalue weighted by molar-refractivity contribution is 9.10. The minimum Gasteiger partial charge on any atom is -0.455 e. The molecule has 1 amide bonds. The lowest BCUT2D eigenvalue weighted by atomic mass is 10.0. The number of ether oxygens (including phenoxy) is 1. The average molecular weight is 504 g/mol. The number of carbonyl (C=O) groups excluding carboxylic acids is 2. The second-order valence-corrected chi connectivity index (χ2v) is 9.41. The van der Waals surface area contributed by atoms with E-state index >= 15 is 0 Å². The van der Waals surface area contributed by atoms with Crippen molar-refractivity contribution in [2.24, 2.45) is 0 Å². The molecule has 0 aliphatic rings. The van der Waals surface area contributed by atoms with Crippen LogP contribution in [0, 0.1) is 0 Å². The monoisotopic (exact) mass is 502 g/mol. The fourth-order valence-corrected chi connectivity index (χ4v) is 4.43. The molecule has 29 heavy (non-hydrogen) atoms. The first-order valence-electron chi connectivity index (χ1n) is 8.59. The summed E-state index contributed by atoms with van der Waals surface area (Å²) >= 11 is 9.11. The van der Waals surface area contributed by atoms with E-state index in [0.717, 1.165) is 5.56 Å². The van der Waals surface area contributed by atoms with E-state index in [1.165, 1.54) is 18.2 Å². The predicted molar refractivity (Wildman–Crippen MR) is 114 cm³/mol. The lowest BCUT2D eigenvalue weighted by Gasteiger charge is -2.13. The van der Waals surface area contributed by atoms with Gasteiger partial charge in [0.25, 0.3) is 5.91 Å². The zero-order valence-electron chi connectivity index (χ0n) is 15.7. The van der Waals surface area contributed by atoms with Crippen LogP contribution in [0.15, 0.2) is 51.8 Å². The van der Waals surface area contributed by atoms with Gasteiger partial charge in [-0.15, -0.1) is 0 Å². The molecule has 10 heteroatoms. The molecule has 0 unspecified atom stereocenters. The molecule has 2 aromatic carbocycles. The number of esters is 1. The fourth-order valence-electron chi connectivity index (χ4n) is 2.42. The van der Waals surface area contributed by atoms with Gasteiger partial charge in [-0.1, -0.05) is 59.6 Å². The normalized spacial score (nSPS) is 11.3. The Hall–Kier alpha value is -1.94. The van der Waals surface area contributed by atoms with Gasteiger partial charge in [0.1, 0.15) is 11.4 Å². The highest BCUT2D eigenvalue weighted by atomic mass is 79.9. The van der Waals surface area contributed by atoms with Crippen molar-refractivity contribution in [3.8, 4) is 0 Å². The molecular formula is C19H20BrClN2O5S. The van der Waals surface area contributed by atoms with Crippen LogP contribution in [0.4, 0.5) is 5.69 Å². The van der Waals surface area contributed by atoms with Crippen LogP contribution in [-0.2, 0) is 24.3 Å². The number of sulfonamides is 1. The SMILES string of the molecule is CC(C)c1ccccc1NC(=O)COC(=O)CNS(=O)(=O)c1ccc(Br)cc1Cl. The number of para-hydroxylation sites is 1. The second-order valence-electron chi connectivity index (χ2n) is 6.35. The van der Waals surface area contributed by atoms with E-state index in [4.69, 9.17) is 16.3 Å². The molecule has 0 saturated heterocycles. The Labute approximate surface area is 183 Å². The number of amides is 1. The maximum absolute atomic E-state index is 12.3. The van der Waals surface area contributed by atoms with Gasteiger partial charge in [-0.3, -0.25) is 9.59 Å². The molecule has 7 nitrogen and oxygen atoms in total. The lowest BCUT2D eigenvalue weighted by molar-refractivity contribution is -0.146. The molecule has 0 atom stereocenters. The molecule has 0 aliphatic carbocycles. The molecule has 0 radical (unpaired) electrons. The molecule has 0 aromatic heterocycles. The summed E-state index contributed by atoms with van der Waals surface area (Å²) in [5, 5.41) is 2.68. The van der Waals surface area contributed by atoms with Gasteiger partial charge in [0.2, 0.25) is 10.0 Å². The van der Waals surface area contributed by atoms with E-state index in [1.54, 1.807) is 12.1 Å². The highest BCUT2D eigenvalue weighted by Gasteiger charge is 2.20. The molecule has 2 rings (SSSR count). The first kappa shape index (κ1) is 23.3. The molecule has 2 aromatic rings. The van der Waals surface area contributed by atoms with E-state index in [2.05, 4.69) is 26.0 Å². The van der Waals surface area contributed by atoms with E-state index in [0.29, 0.717) is 10.2 Å². The van der Waals surface area contributed by atoms with Crippen LogP contribution in [0.5, 0.6) is 0 Å². The van der Waals surface area contributed by atoms with Crippen molar-refractivity contribution < 1.29 is 22.7 Å². The van der Waals surface area contributed by atoms with Crippen LogP contribution < -0.4 is 10.0 Å². The Kier molecular flexibility index (Phi) is 8.21. The zero-order chi connectivity index (χ0) is 21.6. The summed E-state index contributed by atoms with van der Waals surface area (Å²) < 4.78 is 32.1. The van der Waals surface area contributed by atoms with Crippen molar-refractivity contribution in [2.75, 3.05) is 18.5 Å². The zero-order valence-corrected chi connectivity index (χ0v) is 18.9. The first-order valence-corrected chi connectivity index (χ1v) is 11.2. The topological polar surface area (TPSA) is 102 Å². The Morgan fingerprint density at radius 1 is 1.17 bits per heavy atom. The van der Waals surface area contributed by atoms with Crippen molar-refractivity contribution >= 4 is 55.1 Å². The van der Waals surface area contributed by atoms with Crippen LogP contribution >= 0.6 is 27.5 Å². The minimum absolute atomic E-state index is 0.00318. The summed E-state index contributed by atoms with van der Waals surface area (Å²) in [7, 11) is -4.01. The third kappa shape index (κ3) is 6.81. The van der Waals surface area contributed by atoms with Gasteiger partial charge < -0.3 is 10.1 Å². The van der Waals surface area contributed by atoms with Crippen molar-refractivity contribution in [1.29, 1.82) is 0 Å². The number of hydrogen-bond acceptors (Lipinski definition) is 5. The highest BCUT2D eigenvalue weighted by Crippen LogP contribution is 2.25. The molecule has 0 aliphatic heterocycles. The van der Waals surface area contributed by atoms with Crippen LogP contribution in [0.25, 0.3) is 0 Å². The van der Waals surface area contributed by atoms with Crippen molar-refractivity contribution in [1.82, 2.24) is 4.72 Å². The Balaban J connectivity index is 1.88. The molecule has 0 spiro atoms. The number of rotatable bonds is 8. The van der Waals surface area contributed by atoms with Crippen LogP contribution in [0.2, 0.25) is 5.02 Å². The molecule has 0 saturated carbocycles. The van der Waals surface area contributed by atoms with Crippen LogP contribution in [0.3, 0.4) is 0 Å². The number of hydrogen-bond donors (Lipinski definition) is 2. The Morgan fingerprint density at radius 2 is 1.86 bits per heavy atom. The maximum atomic E-state index is 12.3. The summed E-state index contributed by atoms with van der Waals surface area (Å²) in [5.74, 6) is -1.21. The number of halogens is 2. The largest absolute Gasteiger partial charge is 0.455 e. The summed E-state index contributed by atoms with van der Waals surface area (Å²) in [4.78, 5) is 23.7. The molecule has 2 N–H and O–H groups in total. The van der Waals surface area contributed by atoms with Crippen LogP contribution in [0.1, 0.15) is 25.3 Å². The quantitative estimate of drug-likeness (QED) is 0.535. The van der Waals surface area contributed by atoms with E-state index in [9.17, 15) is 18.0 Å². The summed E-state index contributed by atoms with van der Waals surface area (Å²) in [6.07, 6.45) is 0. The summed E-state index contributed by atoms with van der Waals surface area (Å²) in [6, 6.07) is 11.6. The van der Waals surface area contributed by atoms with E-state index in [1.807, 2.05) is 26.0 Å². The van der Waals surface area contributed by atoms with Gasteiger partial charge in [0.05, 0.1) is 5.02 Å². The van der Waals surface area contributed by atoms with Gasteiger partial charge in [0.15, 0.2) is 6.61 Å². The van der Waals surface area contributed by atoms with Gasteiger partial charge in [-0.05, 0) is 35.7 Å². The standard InChI is InChI=1S/C19H20BrClN2O5S/c1-12(2)14-5-3-4-6-16(14)23-18(24)11-28-19(25)10-22-29(26,27)17-8-7-13(20)9-15(17)21/h3-9,12,22H,10-11H2,1-2H3,(H,23,24).